The maximum absolute atomic E-state index is 12.8. The third-order valence-electron chi connectivity index (χ3n) is 4.52. The van der Waals surface area contributed by atoms with Crippen LogP contribution < -0.4 is 4.72 Å². The van der Waals surface area contributed by atoms with E-state index in [4.69, 9.17) is 5.26 Å². The molecule has 30 heavy (non-hydrogen) atoms. The molecular weight excluding hydrogens is 398 g/mol. The summed E-state index contributed by atoms with van der Waals surface area (Å²) in [6.07, 6.45) is 0. The third kappa shape index (κ3) is 5.04. The van der Waals surface area contributed by atoms with Gasteiger partial charge in [0.05, 0.1) is 16.5 Å². The monoisotopic (exact) mass is 419 g/mol. The van der Waals surface area contributed by atoms with Gasteiger partial charge in [0.15, 0.2) is 0 Å². The van der Waals surface area contributed by atoms with Crippen LogP contribution in [-0.2, 0) is 16.6 Å². The highest BCUT2D eigenvalue weighted by atomic mass is 32.2. The van der Waals surface area contributed by atoms with Crippen LogP contribution in [0.15, 0.2) is 77.7 Å². The predicted octanol–water partition coefficient (Wildman–Crippen LogP) is 3.94. The lowest BCUT2D eigenvalue weighted by atomic mass is 10.1. The fourth-order valence-corrected chi connectivity index (χ4v) is 4.04. The first-order valence-electron chi connectivity index (χ1n) is 9.22. The second-order valence-corrected chi connectivity index (χ2v) is 8.66. The maximum atomic E-state index is 12.8. The third-order valence-corrected chi connectivity index (χ3v) is 5.90. The van der Waals surface area contributed by atoms with E-state index in [0.29, 0.717) is 17.8 Å². The van der Waals surface area contributed by atoms with Crippen molar-refractivity contribution >= 4 is 21.6 Å². The molecular formula is C23H21N3O3S. The van der Waals surface area contributed by atoms with E-state index in [0.717, 1.165) is 11.1 Å². The van der Waals surface area contributed by atoms with Gasteiger partial charge in [-0.2, -0.15) is 5.26 Å². The van der Waals surface area contributed by atoms with Crippen LogP contribution in [0.5, 0.6) is 0 Å². The molecule has 1 amide bonds. The van der Waals surface area contributed by atoms with Gasteiger partial charge in [0, 0.05) is 24.8 Å². The molecule has 0 aliphatic carbocycles. The molecule has 0 fully saturated rings. The summed E-state index contributed by atoms with van der Waals surface area (Å²) in [7, 11) is -2.20. The minimum Gasteiger partial charge on any atom is -0.337 e. The number of hydrogen-bond donors (Lipinski definition) is 1. The van der Waals surface area contributed by atoms with Crippen molar-refractivity contribution < 1.29 is 13.2 Å². The minimum absolute atomic E-state index is 0.00815. The van der Waals surface area contributed by atoms with Gasteiger partial charge in [0.2, 0.25) is 0 Å². The number of hydrogen-bond acceptors (Lipinski definition) is 4. The zero-order chi connectivity index (χ0) is 21.7. The molecule has 0 spiro atoms. The van der Waals surface area contributed by atoms with E-state index < -0.39 is 10.0 Å². The summed E-state index contributed by atoms with van der Waals surface area (Å²) in [5, 5.41) is 9.02. The quantitative estimate of drug-likeness (QED) is 0.655. The number of carbonyl (C=O) groups excluding carboxylic acids is 1. The Morgan fingerprint density at radius 3 is 2.43 bits per heavy atom. The standard InChI is InChI=1S/C23H21N3O3S/c1-17-9-11-21(12-10-17)25-30(28,29)22-8-4-7-20(14-22)23(27)26(2)16-19-6-3-5-18(13-19)15-24/h3-14,25H,16H2,1-2H3. The number of nitrogens with zero attached hydrogens (tertiary/aromatic N) is 2. The van der Waals surface area contributed by atoms with Crippen LogP contribution in [0.4, 0.5) is 5.69 Å². The number of sulfonamides is 1. The molecule has 3 aromatic rings. The van der Waals surface area contributed by atoms with Gasteiger partial charge in [-0.15, -0.1) is 0 Å². The number of anilines is 1. The Balaban J connectivity index is 1.78. The van der Waals surface area contributed by atoms with E-state index in [2.05, 4.69) is 10.8 Å². The largest absolute Gasteiger partial charge is 0.337 e. The van der Waals surface area contributed by atoms with Crippen molar-refractivity contribution in [3.63, 3.8) is 0 Å². The van der Waals surface area contributed by atoms with E-state index in [1.54, 1.807) is 49.5 Å². The van der Waals surface area contributed by atoms with E-state index in [-0.39, 0.29) is 16.4 Å². The molecule has 3 rings (SSSR count). The first kappa shape index (κ1) is 21.1. The van der Waals surface area contributed by atoms with Crippen LogP contribution in [0.1, 0.15) is 27.0 Å². The van der Waals surface area contributed by atoms with Gasteiger partial charge in [0.25, 0.3) is 15.9 Å². The van der Waals surface area contributed by atoms with E-state index in [9.17, 15) is 13.2 Å². The average molecular weight is 420 g/mol. The summed E-state index contributed by atoms with van der Waals surface area (Å²) < 4.78 is 28.0. The van der Waals surface area contributed by atoms with Gasteiger partial charge in [-0.3, -0.25) is 9.52 Å². The molecule has 0 aromatic heterocycles. The molecule has 0 saturated heterocycles. The summed E-state index contributed by atoms with van der Waals surface area (Å²) in [5.41, 5.74) is 3.07. The van der Waals surface area contributed by atoms with Crippen molar-refractivity contribution in [2.45, 2.75) is 18.4 Å². The Labute approximate surface area is 176 Å². The van der Waals surface area contributed by atoms with Crippen molar-refractivity contribution in [1.29, 1.82) is 5.26 Å². The molecule has 6 nitrogen and oxygen atoms in total. The molecule has 7 heteroatoms. The summed E-state index contributed by atoms with van der Waals surface area (Å²) in [4.78, 5) is 14.3. The molecule has 0 bridgehead atoms. The van der Waals surface area contributed by atoms with Crippen LogP contribution in [0.2, 0.25) is 0 Å². The normalized spacial score (nSPS) is 10.8. The topological polar surface area (TPSA) is 90.3 Å². The highest BCUT2D eigenvalue weighted by Gasteiger charge is 2.18. The molecule has 1 N–H and O–H groups in total. The van der Waals surface area contributed by atoms with Crippen LogP contribution in [0, 0.1) is 18.3 Å². The highest BCUT2D eigenvalue weighted by molar-refractivity contribution is 7.92. The number of nitrogens with one attached hydrogen (secondary N) is 1. The number of carbonyl (C=O) groups is 1. The lowest BCUT2D eigenvalue weighted by Crippen LogP contribution is -2.26. The second-order valence-electron chi connectivity index (χ2n) is 6.97. The zero-order valence-electron chi connectivity index (χ0n) is 16.7. The van der Waals surface area contributed by atoms with Crippen molar-refractivity contribution in [3.8, 4) is 6.07 Å². The van der Waals surface area contributed by atoms with Gasteiger partial charge in [-0.1, -0.05) is 35.9 Å². The van der Waals surface area contributed by atoms with Crippen molar-refractivity contribution in [1.82, 2.24) is 4.90 Å². The summed E-state index contributed by atoms with van der Waals surface area (Å²) in [6, 6.07) is 22.0. The number of aryl methyl sites for hydroxylation is 1. The second kappa shape index (κ2) is 8.80. The smallest absolute Gasteiger partial charge is 0.261 e. The number of benzene rings is 3. The van der Waals surface area contributed by atoms with Gasteiger partial charge < -0.3 is 4.90 Å². The molecule has 0 radical (unpaired) electrons. The number of rotatable bonds is 6. The van der Waals surface area contributed by atoms with Gasteiger partial charge >= 0.3 is 0 Å². The first-order valence-corrected chi connectivity index (χ1v) is 10.7. The maximum Gasteiger partial charge on any atom is 0.261 e. The molecule has 0 saturated carbocycles. The van der Waals surface area contributed by atoms with Gasteiger partial charge in [-0.05, 0) is 55.0 Å². The van der Waals surface area contributed by atoms with Crippen molar-refractivity contribution in [2.75, 3.05) is 11.8 Å². The fraction of sp³-hybridized carbons (Fsp3) is 0.130. The Hall–Kier alpha value is -3.63. The SMILES string of the molecule is Cc1ccc(NS(=O)(=O)c2cccc(C(=O)N(C)Cc3cccc(C#N)c3)c2)cc1. The van der Waals surface area contributed by atoms with Crippen LogP contribution >= 0.6 is 0 Å². The molecule has 0 aliphatic heterocycles. The molecule has 152 valence electrons. The Morgan fingerprint density at radius 1 is 1.03 bits per heavy atom. The lowest BCUT2D eigenvalue weighted by molar-refractivity contribution is 0.0785. The molecule has 3 aromatic carbocycles. The van der Waals surface area contributed by atoms with Gasteiger partial charge in [0.1, 0.15) is 0 Å². The highest BCUT2D eigenvalue weighted by Crippen LogP contribution is 2.19. The molecule has 0 aliphatic rings. The fourth-order valence-electron chi connectivity index (χ4n) is 2.94. The van der Waals surface area contributed by atoms with Gasteiger partial charge in [-0.25, -0.2) is 8.42 Å². The van der Waals surface area contributed by atoms with Crippen molar-refractivity contribution in [2.24, 2.45) is 0 Å². The average Bonchev–Trinajstić information content (AvgIpc) is 2.75. The predicted molar refractivity (Wildman–Crippen MR) is 115 cm³/mol. The number of amides is 1. The summed E-state index contributed by atoms with van der Waals surface area (Å²) >= 11 is 0. The van der Waals surface area contributed by atoms with Crippen molar-refractivity contribution in [3.05, 3.63) is 95.1 Å². The Kier molecular flexibility index (Phi) is 6.19. The number of nitriles is 1. The van der Waals surface area contributed by atoms with Crippen LogP contribution in [0.3, 0.4) is 0 Å². The first-order chi connectivity index (χ1) is 14.3. The van der Waals surface area contributed by atoms with E-state index >= 15 is 0 Å². The molecule has 0 atom stereocenters. The molecule has 0 unspecified atom stereocenters. The Morgan fingerprint density at radius 2 is 1.73 bits per heavy atom. The lowest BCUT2D eigenvalue weighted by Gasteiger charge is -2.18. The minimum atomic E-state index is -3.83. The van der Waals surface area contributed by atoms with Crippen LogP contribution in [0.25, 0.3) is 0 Å². The summed E-state index contributed by atoms with van der Waals surface area (Å²) in [5.74, 6) is -0.315. The van der Waals surface area contributed by atoms with Crippen LogP contribution in [-0.4, -0.2) is 26.3 Å². The summed E-state index contributed by atoms with van der Waals surface area (Å²) in [6.45, 7) is 2.22. The van der Waals surface area contributed by atoms with E-state index in [1.165, 1.54) is 17.0 Å². The molecule has 0 heterocycles. The zero-order valence-corrected chi connectivity index (χ0v) is 17.5. The van der Waals surface area contributed by atoms with E-state index in [1.807, 2.05) is 25.1 Å². The Bertz CT molecular complexity index is 1210.